The summed E-state index contributed by atoms with van der Waals surface area (Å²) in [7, 11) is 1.67. The van der Waals surface area contributed by atoms with E-state index in [1.165, 1.54) is 51.6 Å². The minimum atomic E-state index is 0.211. The van der Waals surface area contributed by atoms with Crippen molar-refractivity contribution >= 4 is 5.91 Å². The van der Waals surface area contributed by atoms with Gasteiger partial charge in [-0.15, -0.1) is 0 Å². The lowest BCUT2D eigenvalue weighted by Gasteiger charge is -2.38. The first-order chi connectivity index (χ1) is 14.7. The fourth-order valence-corrected chi connectivity index (χ4v) is 5.42. The molecule has 1 aliphatic carbocycles. The molecule has 1 amide bonds. The van der Waals surface area contributed by atoms with Gasteiger partial charge in [-0.3, -0.25) is 4.79 Å². The van der Waals surface area contributed by atoms with Gasteiger partial charge in [-0.1, -0.05) is 25.0 Å². The van der Waals surface area contributed by atoms with E-state index in [0.717, 1.165) is 49.9 Å². The van der Waals surface area contributed by atoms with Crippen molar-refractivity contribution in [3.05, 3.63) is 29.8 Å². The third-order valence-electron chi connectivity index (χ3n) is 7.28. The normalized spacial score (nSPS) is 23.7. The molecule has 0 radical (unpaired) electrons. The van der Waals surface area contributed by atoms with Crippen LogP contribution in [0.4, 0.5) is 0 Å². The van der Waals surface area contributed by atoms with Crippen molar-refractivity contribution < 1.29 is 14.3 Å². The number of hydrogen-bond acceptors (Lipinski definition) is 4. The van der Waals surface area contributed by atoms with E-state index in [1.54, 1.807) is 7.11 Å². The maximum atomic E-state index is 13.2. The Bertz CT molecular complexity index is 657. The molecule has 2 aliphatic heterocycles. The molecule has 1 saturated carbocycles. The smallest absolute Gasteiger partial charge is 0.227 e. The highest BCUT2D eigenvalue weighted by molar-refractivity contribution is 5.78. The van der Waals surface area contributed by atoms with Crippen molar-refractivity contribution in [2.24, 2.45) is 5.92 Å². The number of rotatable bonds is 8. The van der Waals surface area contributed by atoms with E-state index < -0.39 is 0 Å². The summed E-state index contributed by atoms with van der Waals surface area (Å²) in [5.41, 5.74) is 1.05. The van der Waals surface area contributed by atoms with Crippen molar-refractivity contribution in [1.29, 1.82) is 0 Å². The molecule has 3 fully saturated rings. The molecule has 2 saturated heterocycles. The molecular formula is C25H38N2O3. The van der Waals surface area contributed by atoms with Crippen LogP contribution in [0.2, 0.25) is 0 Å². The van der Waals surface area contributed by atoms with Crippen LogP contribution in [-0.4, -0.2) is 67.7 Å². The molecule has 1 unspecified atom stereocenters. The highest BCUT2D eigenvalue weighted by Gasteiger charge is 2.30. The minimum absolute atomic E-state index is 0.211. The first kappa shape index (κ1) is 21.6. The van der Waals surface area contributed by atoms with Crippen LogP contribution in [0.1, 0.15) is 56.9 Å². The Morgan fingerprint density at radius 3 is 2.40 bits per heavy atom. The molecule has 5 nitrogen and oxygen atoms in total. The van der Waals surface area contributed by atoms with Crippen LogP contribution in [0.25, 0.3) is 0 Å². The van der Waals surface area contributed by atoms with Crippen molar-refractivity contribution in [2.75, 3.05) is 39.9 Å². The number of hydrogen-bond donors (Lipinski definition) is 0. The topological polar surface area (TPSA) is 42.0 Å². The van der Waals surface area contributed by atoms with Crippen molar-refractivity contribution in [1.82, 2.24) is 9.80 Å². The van der Waals surface area contributed by atoms with E-state index in [0.29, 0.717) is 12.3 Å². The largest absolute Gasteiger partial charge is 0.497 e. The zero-order valence-electron chi connectivity index (χ0n) is 18.6. The number of amides is 1. The van der Waals surface area contributed by atoms with E-state index >= 15 is 0 Å². The minimum Gasteiger partial charge on any atom is -0.497 e. The van der Waals surface area contributed by atoms with Crippen LogP contribution in [0.3, 0.4) is 0 Å². The van der Waals surface area contributed by atoms with Gasteiger partial charge in [0.05, 0.1) is 19.6 Å². The van der Waals surface area contributed by atoms with E-state index in [-0.39, 0.29) is 12.0 Å². The molecular weight excluding hydrogens is 376 g/mol. The fraction of sp³-hybridized carbons (Fsp3) is 0.720. The highest BCUT2D eigenvalue weighted by atomic mass is 16.5. The SMILES string of the molecule is COc1ccc(CC(=O)N(CC2CCN(C3CCCC3)CC2)CC2CCCO2)cc1. The predicted molar refractivity (Wildman–Crippen MR) is 119 cm³/mol. The van der Waals surface area contributed by atoms with Gasteiger partial charge in [0.1, 0.15) is 5.75 Å². The van der Waals surface area contributed by atoms with Gasteiger partial charge in [0.25, 0.3) is 0 Å². The molecule has 1 atom stereocenters. The van der Waals surface area contributed by atoms with Gasteiger partial charge in [-0.25, -0.2) is 0 Å². The van der Waals surface area contributed by atoms with Crippen molar-refractivity contribution in [3.63, 3.8) is 0 Å². The van der Waals surface area contributed by atoms with Gasteiger partial charge in [-0.2, -0.15) is 0 Å². The average molecular weight is 415 g/mol. The molecule has 5 heteroatoms. The maximum absolute atomic E-state index is 13.2. The first-order valence-electron chi connectivity index (χ1n) is 12.0. The summed E-state index contributed by atoms with van der Waals surface area (Å²) in [5.74, 6) is 1.68. The zero-order chi connectivity index (χ0) is 20.8. The van der Waals surface area contributed by atoms with Crippen LogP contribution in [0.5, 0.6) is 5.75 Å². The molecule has 30 heavy (non-hydrogen) atoms. The van der Waals surface area contributed by atoms with Gasteiger partial charge in [0.2, 0.25) is 5.91 Å². The number of likely N-dealkylation sites (tertiary alicyclic amines) is 1. The Kier molecular flexibility index (Phi) is 7.67. The average Bonchev–Trinajstić information content (AvgIpc) is 3.49. The Labute approximate surface area is 181 Å². The molecule has 0 bridgehead atoms. The van der Waals surface area contributed by atoms with E-state index in [2.05, 4.69) is 9.80 Å². The lowest BCUT2D eigenvalue weighted by atomic mass is 9.94. The van der Waals surface area contributed by atoms with Crippen LogP contribution in [0.15, 0.2) is 24.3 Å². The highest BCUT2D eigenvalue weighted by Crippen LogP contribution is 2.28. The second kappa shape index (κ2) is 10.6. The van der Waals surface area contributed by atoms with Crippen LogP contribution < -0.4 is 4.74 Å². The van der Waals surface area contributed by atoms with Crippen LogP contribution >= 0.6 is 0 Å². The Hall–Kier alpha value is -1.59. The standard InChI is InChI=1S/C25H38N2O3/c1-29-23-10-8-20(9-11-23)17-25(28)27(19-24-7-4-16-30-24)18-21-12-14-26(15-13-21)22-5-2-3-6-22/h8-11,21-22,24H,2-7,12-19H2,1H3. The van der Waals surface area contributed by atoms with Crippen LogP contribution in [0, 0.1) is 5.92 Å². The molecule has 1 aromatic rings. The maximum Gasteiger partial charge on any atom is 0.227 e. The monoisotopic (exact) mass is 414 g/mol. The fourth-order valence-electron chi connectivity index (χ4n) is 5.42. The number of carbonyl (C=O) groups is 1. The second-order valence-electron chi connectivity index (χ2n) is 9.38. The van der Waals surface area contributed by atoms with Crippen LogP contribution in [-0.2, 0) is 16.0 Å². The number of piperidine rings is 1. The summed E-state index contributed by atoms with van der Waals surface area (Å²) in [6.07, 6.45) is 10.9. The lowest BCUT2D eigenvalue weighted by Crippen LogP contribution is -2.45. The number of carbonyl (C=O) groups excluding carboxylic acids is 1. The summed E-state index contributed by atoms with van der Waals surface area (Å²) in [6.45, 7) is 4.88. The van der Waals surface area contributed by atoms with E-state index in [1.807, 2.05) is 24.3 Å². The lowest BCUT2D eigenvalue weighted by molar-refractivity contribution is -0.133. The molecule has 0 N–H and O–H groups in total. The van der Waals surface area contributed by atoms with E-state index in [4.69, 9.17) is 9.47 Å². The van der Waals surface area contributed by atoms with Gasteiger partial charge in [0, 0.05) is 25.7 Å². The summed E-state index contributed by atoms with van der Waals surface area (Å²) >= 11 is 0. The molecule has 4 rings (SSSR count). The number of methoxy groups -OCH3 is 1. The Balaban J connectivity index is 1.33. The Morgan fingerprint density at radius 1 is 1.03 bits per heavy atom. The summed E-state index contributed by atoms with van der Waals surface area (Å²) in [4.78, 5) is 18.1. The molecule has 2 heterocycles. The van der Waals surface area contributed by atoms with Crippen molar-refractivity contribution in [3.8, 4) is 5.75 Å². The number of ether oxygens (including phenoxy) is 2. The third-order valence-corrected chi connectivity index (χ3v) is 7.28. The Morgan fingerprint density at radius 2 is 1.77 bits per heavy atom. The first-order valence-corrected chi connectivity index (χ1v) is 12.0. The third kappa shape index (κ3) is 5.76. The molecule has 0 spiro atoms. The summed E-state index contributed by atoms with van der Waals surface area (Å²) < 4.78 is 11.1. The zero-order valence-corrected chi connectivity index (χ0v) is 18.6. The molecule has 1 aromatic carbocycles. The second-order valence-corrected chi connectivity index (χ2v) is 9.38. The molecule has 0 aromatic heterocycles. The number of nitrogens with zero attached hydrogens (tertiary/aromatic N) is 2. The quantitative estimate of drug-likeness (QED) is 0.647. The molecule has 3 aliphatic rings. The van der Waals surface area contributed by atoms with Crippen molar-refractivity contribution in [2.45, 2.75) is 69.9 Å². The van der Waals surface area contributed by atoms with Gasteiger partial charge < -0.3 is 19.3 Å². The van der Waals surface area contributed by atoms with Gasteiger partial charge >= 0.3 is 0 Å². The number of benzene rings is 1. The molecule has 166 valence electrons. The predicted octanol–water partition coefficient (Wildman–Crippen LogP) is 3.90. The summed E-state index contributed by atoms with van der Waals surface area (Å²) in [5, 5.41) is 0. The van der Waals surface area contributed by atoms with Gasteiger partial charge in [0.15, 0.2) is 0 Å². The van der Waals surface area contributed by atoms with Gasteiger partial charge in [-0.05, 0) is 75.2 Å². The van der Waals surface area contributed by atoms with E-state index in [9.17, 15) is 4.79 Å². The summed E-state index contributed by atoms with van der Waals surface area (Å²) in [6, 6.07) is 8.70.